The Balaban J connectivity index is 1.64. The molecule has 2 aliphatic rings. The van der Waals surface area contributed by atoms with Gasteiger partial charge in [0.25, 0.3) is 0 Å². The van der Waals surface area contributed by atoms with Gasteiger partial charge in [-0.25, -0.2) is 0 Å². The van der Waals surface area contributed by atoms with E-state index in [9.17, 15) is 4.79 Å². The van der Waals surface area contributed by atoms with Crippen molar-refractivity contribution in [2.45, 2.75) is 44.9 Å². The van der Waals surface area contributed by atoms with Gasteiger partial charge >= 0.3 is 0 Å². The van der Waals surface area contributed by atoms with Crippen molar-refractivity contribution in [2.24, 2.45) is 17.8 Å². The molecule has 1 aromatic carbocycles. The minimum atomic E-state index is 0.155. The molecule has 4 heteroatoms. The Labute approximate surface area is 139 Å². The van der Waals surface area contributed by atoms with Crippen LogP contribution in [0.2, 0.25) is 5.02 Å². The monoisotopic (exact) mass is 369 g/mol. The lowest BCUT2D eigenvalue weighted by Crippen LogP contribution is -2.33. The van der Waals surface area contributed by atoms with E-state index >= 15 is 0 Å². The Morgan fingerprint density at radius 2 is 1.90 bits per heavy atom. The van der Waals surface area contributed by atoms with Crippen molar-refractivity contribution in [1.82, 2.24) is 0 Å². The van der Waals surface area contributed by atoms with Gasteiger partial charge in [0.05, 0.1) is 15.2 Å². The Kier molecular flexibility index (Phi) is 4.90. The molecule has 1 N–H and O–H groups in total. The van der Waals surface area contributed by atoms with Crippen molar-refractivity contribution in [1.29, 1.82) is 0 Å². The molecule has 0 heterocycles. The van der Waals surface area contributed by atoms with Crippen LogP contribution in [0.1, 0.15) is 44.9 Å². The maximum Gasteiger partial charge on any atom is 0.227 e. The molecule has 0 radical (unpaired) electrons. The van der Waals surface area contributed by atoms with Crippen LogP contribution in [-0.2, 0) is 4.79 Å². The number of halogens is 2. The van der Waals surface area contributed by atoms with Crippen molar-refractivity contribution in [3.05, 3.63) is 27.7 Å². The highest BCUT2D eigenvalue weighted by molar-refractivity contribution is 9.10. The minimum absolute atomic E-state index is 0.155. The fraction of sp³-hybridized carbons (Fsp3) is 0.588. The number of hydrogen-bond donors (Lipinski definition) is 1. The molecule has 0 saturated heterocycles. The van der Waals surface area contributed by atoms with Crippen LogP contribution in [0.15, 0.2) is 22.7 Å². The summed E-state index contributed by atoms with van der Waals surface area (Å²) >= 11 is 9.52. The third kappa shape index (κ3) is 3.45. The number of nitrogens with one attached hydrogen (secondary N) is 1. The first-order chi connectivity index (χ1) is 10.1. The lowest BCUT2D eigenvalue weighted by atomic mass is 9.67. The molecule has 2 nitrogen and oxygen atoms in total. The van der Waals surface area contributed by atoms with E-state index in [0.29, 0.717) is 5.02 Å². The summed E-state index contributed by atoms with van der Waals surface area (Å²) in [5, 5.41) is 3.67. The summed E-state index contributed by atoms with van der Waals surface area (Å²) < 4.78 is 0.770. The molecule has 3 rings (SSSR count). The van der Waals surface area contributed by atoms with Crippen molar-refractivity contribution in [2.75, 3.05) is 5.32 Å². The summed E-state index contributed by atoms with van der Waals surface area (Å²) in [4.78, 5) is 12.5. The van der Waals surface area contributed by atoms with Crippen LogP contribution in [0, 0.1) is 17.8 Å². The molecule has 2 aliphatic carbocycles. The highest BCUT2D eigenvalue weighted by Crippen LogP contribution is 2.43. The largest absolute Gasteiger partial charge is 0.325 e. The van der Waals surface area contributed by atoms with Crippen LogP contribution >= 0.6 is 27.5 Å². The lowest BCUT2D eigenvalue weighted by molar-refractivity contribution is -0.122. The van der Waals surface area contributed by atoms with E-state index in [0.717, 1.165) is 34.8 Å². The quantitative estimate of drug-likeness (QED) is 0.716. The van der Waals surface area contributed by atoms with Gasteiger partial charge in [-0.05, 0) is 59.2 Å². The van der Waals surface area contributed by atoms with E-state index in [1.807, 2.05) is 18.2 Å². The Bertz CT molecular complexity index is 534. The average molecular weight is 371 g/mol. The van der Waals surface area contributed by atoms with E-state index in [1.54, 1.807) is 0 Å². The molecule has 21 heavy (non-hydrogen) atoms. The van der Waals surface area contributed by atoms with E-state index in [-0.39, 0.29) is 11.8 Å². The first-order valence-electron chi connectivity index (χ1n) is 7.90. The Hall–Kier alpha value is -0.540. The summed E-state index contributed by atoms with van der Waals surface area (Å²) in [5.41, 5.74) is 0.776. The predicted octanol–water partition coefficient (Wildman–Crippen LogP) is 5.65. The van der Waals surface area contributed by atoms with Gasteiger partial charge in [0.1, 0.15) is 0 Å². The second-order valence-corrected chi connectivity index (χ2v) is 7.61. The van der Waals surface area contributed by atoms with Crippen molar-refractivity contribution in [3.8, 4) is 0 Å². The molecule has 0 spiro atoms. The molecular formula is C17H21BrClNO. The molecule has 0 bridgehead atoms. The van der Waals surface area contributed by atoms with Gasteiger partial charge in [-0.3, -0.25) is 4.79 Å². The van der Waals surface area contributed by atoms with Crippen molar-refractivity contribution < 1.29 is 4.79 Å². The SMILES string of the molecule is O=C(Nc1cccc(Cl)c1Br)C1CCC2CCCCC2C1. The van der Waals surface area contributed by atoms with Crippen molar-refractivity contribution >= 4 is 39.1 Å². The second kappa shape index (κ2) is 6.70. The van der Waals surface area contributed by atoms with Crippen LogP contribution < -0.4 is 5.32 Å². The fourth-order valence-corrected chi connectivity index (χ4v) is 4.48. The molecule has 1 amide bonds. The fourth-order valence-electron chi connectivity index (χ4n) is 3.95. The summed E-state index contributed by atoms with van der Waals surface area (Å²) in [6.45, 7) is 0. The predicted molar refractivity (Wildman–Crippen MR) is 90.6 cm³/mol. The van der Waals surface area contributed by atoms with Gasteiger partial charge < -0.3 is 5.32 Å². The van der Waals surface area contributed by atoms with Gasteiger partial charge in [-0.1, -0.05) is 43.4 Å². The smallest absolute Gasteiger partial charge is 0.227 e. The first kappa shape index (κ1) is 15.4. The third-order valence-electron chi connectivity index (χ3n) is 5.12. The highest BCUT2D eigenvalue weighted by atomic mass is 79.9. The normalized spacial score (nSPS) is 28.8. The molecule has 0 aromatic heterocycles. The zero-order valence-corrected chi connectivity index (χ0v) is 14.4. The standard InChI is InChI=1S/C17H21BrClNO/c18-16-14(19)6-3-7-15(16)20-17(21)13-9-8-11-4-1-2-5-12(11)10-13/h3,6-7,11-13H,1-2,4-5,8-10H2,(H,20,21). The van der Waals surface area contributed by atoms with Gasteiger partial charge in [-0.2, -0.15) is 0 Å². The molecule has 2 fully saturated rings. The van der Waals surface area contributed by atoms with E-state index in [4.69, 9.17) is 11.6 Å². The van der Waals surface area contributed by atoms with Crippen LogP contribution in [-0.4, -0.2) is 5.91 Å². The maximum atomic E-state index is 12.5. The van der Waals surface area contributed by atoms with Gasteiger partial charge in [-0.15, -0.1) is 0 Å². The summed E-state index contributed by atoms with van der Waals surface area (Å²) in [6.07, 6.45) is 8.73. The molecule has 114 valence electrons. The summed E-state index contributed by atoms with van der Waals surface area (Å²) in [6, 6.07) is 5.56. The number of carbonyl (C=O) groups is 1. The van der Waals surface area contributed by atoms with Crippen LogP contribution in [0.4, 0.5) is 5.69 Å². The summed E-state index contributed by atoms with van der Waals surface area (Å²) in [5.74, 6) is 1.96. The van der Waals surface area contributed by atoms with E-state index in [1.165, 1.54) is 32.1 Å². The zero-order chi connectivity index (χ0) is 14.8. The number of fused-ring (bicyclic) bond motifs is 1. The minimum Gasteiger partial charge on any atom is -0.325 e. The zero-order valence-electron chi connectivity index (χ0n) is 12.1. The molecule has 0 aliphatic heterocycles. The number of benzene rings is 1. The Morgan fingerprint density at radius 3 is 2.71 bits per heavy atom. The van der Waals surface area contributed by atoms with Crippen LogP contribution in [0.5, 0.6) is 0 Å². The first-order valence-corrected chi connectivity index (χ1v) is 9.07. The topological polar surface area (TPSA) is 29.1 Å². The molecule has 3 unspecified atom stereocenters. The third-order valence-corrected chi connectivity index (χ3v) is 6.52. The lowest BCUT2D eigenvalue weighted by Gasteiger charge is -2.38. The Morgan fingerprint density at radius 1 is 1.14 bits per heavy atom. The maximum absolute atomic E-state index is 12.5. The van der Waals surface area contributed by atoms with E-state index < -0.39 is 0 Å². The number of amides is 1. The molecule has 2 saturated carbocycles. The average Bonchev–Trinajstić information content (AvgIpc) is 2.51. The number of carbonyl (C=O) groups excluding carboxylic acids is 1. The summed E-state index contributed by atoms with van der Waals surface area (Å²) in [7, 11) is 0. The molecule has 3 atom stereocenters. The highest BCUT2D eigenvalue weighted by Gasteiger charge is 2.35. The van der Waals surface area contributed by atoms with Gasteiger partial charge in [0.2, 0.25) is 5.91 Å². The molecule has 1 aromatic rings. The van der Waals surface area contributed by atoms with E-state index in [2.05, 4.69) is 21.2 Å². The second-order valence-electron chi connectivity index (χ2n) is 6.41. The molecular weight excluding hydrogens is 350 g/mol. The van der Waals surface area contributed by atoms with Gasteiger partial charge in [0.15, 0.2) is 0 Å². The van der Waals surface area contributed by atoms with Gasteiger partial charge in [0, 0.05) is 5.92 Å². The number of anilines is 1. The van der Waals surface area contributed by atoms with Crippen LogP contribution in [0.25, 0.3) is 0 Å². The van der Waals surface area contributed by atoms with Crippen molar-refractivity contribution in [3.63, 3.8) is 0 Å². The van der Waals surface area contributed by atoms with Crippen LogP contribution in [0.3, 0.4) is 0 Å². The number of rotatable bonds is 2. The number of hydrogen-bond acceptors (Lipinski definition) is 1.